The fourth-order valence-electron chi connectivity index (χ4n) is 2.88. The normalized spacial score (nSPS) is 18.4. The molecule has 2 rings (SSSR count). The number of benzene rings is 1. The molecule has 1 atom stereocenters. The average molecular weight is 353 g/mol. The van der Waals surface area contributed by atoms with E-state index in [1.54, 1.807) is 0 Å². The molecule has 1 aliphatic heterocycles. The van der Waals surface area contributed by atoms with E-state index in [-0.39, 0.29) is 12.5 Å². The second kappa shape index (κ2) is 7.31. The van der Waals surface area contributed by atoms with Crippen LogP contribution in [-0.4, -0.2) is 49.9 Å². The van der Waals surface area contributed by atoms with Crippen LogP contribution in [0, 0.1) is 13.8 Å². The lowest BCUT2D eigenvalue weighted by atomic mass is 10.1. The minimum Gasteiger partial charge on any atom is -0.346 e. The third kappa shape index (κ3) is 4.33. The molecule has 1 heterocycles. The highest BCUT2D eigenvalue weighted by molar-refractivity contribution is 7.88. The minimum atomic E-state index is -3.42. The monoisotopic (exact) mass is 353 g/mol. The maximum Gasteiger partial charge on any atom is 0.243 e. The summed E-state index contributed by atoms with van der Waals surface area (Å²) >= 11 is 0. The van der Waals surface area contributed by atoms with E-state index >= 15 is 0 Å². The van der Waals surface area contributed by atoms with Crippen molar-refractivity contribution >= 4 is 27.5 Å². The molecule has 7 nitrogen and oxygen atoms in total. The number of para-hydroxylation sites is 1. The van der Waals surface area contributed by atoms with Gasteiger partial charge in [-0.05, 0) is 37.8 Å². The van der Waals surface area contributed by atoms with E-state index in [1.807, 2.05) is 32.0 Å². The zero-order chi connectivity index (χ0) is 17.9. The number of hydrogen-bond acceptors (Lipinski definition) is 4. The summed E-state index contributed by atoms with van der Waals surface area (Å²) in [5.41, 5.74) is 2.61. The Morgan fingerprint density at radius 2 is 1.88 bits per heavy atom. The van der Waals surface area contributed by atoms with Gasteiger partial charge in [0.1, 0.15) is 6.04 Å². The van der Waals surface area contributed by atoms with Gasteiger partial charge < -0.3 is 10.6 Å². The first-order valence-corrected chi connectivity index (χ1v) is 9.65. The Bertz CT molecular complexity index is 725. The van der Waals surface area contributed by atoms with E-state index in [0.29, 0.717) is 19.4 Å². The van der Waals surface area contributed by atoms with Gasteiger partial charge in [0, 0.05) is 12.2 Å². The molecule has 0 aliphatic carbocycles. The van der Waals surface area contributed by atoms with Crippen molar-refractivity contribution in [3.05, 3.63) is 29.3 Å². The molecule has 1 aromatic rings. The zero-order valence-electron chi connectivity index (χ0n) is 14.1. The highest BCUT2D eigenvalue weighted by Crippen LogP contribution is 2.21. The third-order valence-electron chi connectivity index (χ3n) is 4.10. The van der Waals surface area contributed by atoms with Crippen LogP contribution < -0.4 is 10.6 Å². The second-order valence-corrected chi connectivity index (χ2v) is 8.00. The van der Waals surface area contributed by atoms with Crippen molar-refractivity contribution in [2.24, 2.45) is 0 Å². The quantitative estimate of drug-likeness (QED) is 0.818. The van der Waals surface area contributed by atoms with Crippen LogP contribution in [0.25, 0.3) is 0 Å². The van der Waals surface area contributed by atoms with E-state index in [0.717, 1.165) is 23.1 Å². The Morgan fingerprint density at radius 1 is 1.25 bits per heavy atom. The molecule has 0 spiro atoms. The van der Waals surface area contributed by atoms with Crippen molar-refractivity contribution < 1.29 is 18.0 Å². The molecule has 1 saturated heterocycles. The fourth-order valence-corrected chi connectivity index (χ4v) is 4.00. The Hall–Kier alpha value is -1.93. The van der Waals surface area contributed by atoms with Crippen molar-refractivity contribution in [3.8, 4) is 0 Å². The minimum absolute atomic E-state index is 0.194. The standard InChI is InChI=1S/C16H23N3O4S/c1-11-6-4-7-12(2)15(11)18-14(20)10-17-16(21)13-8-5-9-19(13)24(3,22)23/h4,6-7,13H,5,8-10H2,1-3H3,(H,17,21)(H,18,20). The maximum absolute atomic E-state index is 12.2. The molecular formula is C16H23N3O4S. The van der Waals surface area contributed by atoms with Crippen LogP contribution in [0.1, 0.15) is 24.0 Å². The number of anilines is 1. The Kier molecular flexibility index (Phi) is 5.61. The van der Waals surface area contributed by atoms with Gasteiger partial charge in [-0.25, -0.2) is 8.42 Å². The third-order valence-corrected chi connectivity index (χ3v) is 5.39. The molecule has 1 fully saturated rings. The molecule has 1 aliphatic rings. The molecule has 1 aromatic carbocycles. The summed E-state index contributed by atoms with van der Waals surface area (Å²) in [5.74, 6) is -0.778. The highest BCUT2D eigenvalue weighted by atomic mass is 32.2. The molecule has 132 valence electrons. The molecule has 0 aromatic heterocycles. The Labute approximate surface area is 142 Å². The van der Waals surface area contributed by atoms with E-state index in [4.69, 9.17) is 0 Å². The Morgan fingerprint density at radius 3 is 2.46 bits per heavy atom. The summed E-state index contributed by atoms with van der Waals surface area (Å²) in [6, 6.07) is 4.96. The number of nitrogens with one attached hydrogen (secondary N) is 2. The van der Waals surface area contributed by atoms with Crippen molar-refractivity contribution in [3.63, 3.8) is 0 Å². The van der Waals surface area contributed by atoms with E-state index in [1.165, 1.54) is 4.31 Å². The van der Waals surface area contributed by atoms with Gasteiger partial charge in [0.2, 0.25) is 21.8 Å². The molecule has 24 heavy (non-hydrogen) atoms. The van der Waals surface area contributed by atoms with Gasteiger partial charge in [0.25, 0.3) is 0 Å². The summed E-state index contributed by atoms with van der Waals surface area (Å²) in [6.07, 6.45) is 2.20. The summed E-state index contributed by atoms with van der Waals surface area (Å²) in [6.45, 7) is 3.93. The lowest BCUT2D eigenvalue weighted by Crippen LogP contribution is -2.47. The van der Waals surface area contributed by atoms with Gasteiger partial charge in [-0.2, -0.15) is 4.31 Å². The molecule has 0 saturated carbocycles. The van der Waals surface area contributed by atoms with Crippen LogP contribution in [-0.2, 0) is 19.6 Å². The van der Waals surface area contributed by atoms with Crippen LogP contribution in [0.5, 0.6) is 0 Å². The number of amides is 2. The summed E-state index contributed by atoms with van der Waals surface area (Å²) in [4.78, 5) is 24.3. The summed E-state index contributed by atoms with van der Waals surface area (Å²) < 4.78 is 24.5. The zero-order valence-corrected chi connectivity index (χ0v) is 14.9. The SMILES string of the molecule is Cc1cccc(C)c1NC(=O)CNC(=O)C1CCCN1S(C)(=O)=O. The first-order valence-electron chi connectivity index (χ1n) is 7.80. The van der Waals surface area contributed by atoms with Gasteiger partial charge in [-0.15, -0.1) is 0 Å². The molecule has 2 N–H and O–H groups in total. The van der Waals surface area contributed by atoms with E-state index < -0.39 is 22.0 Å². The number of nitrogens with zero attached hydrogens (tertiary/aromatic N) is 1. The van der Waals surface area contributed by atoms with Crippen LogP contribution in [0.15, 0.2) is 18.2 Å². The molecular weight excluding hydrogens is 330 g/mol. The molecule has 1 unspecified atom stereocenters. The maximum atomic E-state index is 12.2. The van der Waals surface area contributed by atoms with Crippen LogP contribution >= 0.6 is 0 Å². The van der Waals surface area contributed by atoms with Crippen LogP contribution in [0.4, 0.5) is 5.69 Å². The number of carbonyl (C=O) groups excluding carboxylic acids is 2. The van der Waals surface area contributed by atoms with Gasteiger partial charge in [-0.3, -0.25) is 9.59 Å². The second-order valence-electron chi connectivity index (χ2n) is 6.06. The smallest absolute Gasteiger partial charge is 0.243 e. The highest BCUT2D eigenvalue weighted by Gasteiger charge is 2.36. The van der Waals surface area contributed by atoms with Crippen molar-refractivity contribution in [1.82, 2.24) is 9.62 Å². The van der Waals surface area contributed by atoms with Gasteiger partial charge in [0.05, 0.1) is 12.8 Å². The van der Waals surface area contributed by atoms with Crippen LogP contribution in [0.3, 0.4) is 0 Å². The molecule has 0 bridgehead atoms. The predicted octanol–water partition coefficient (Wildman–Crippen LogP) is 0.782. The average Bonchev–Trinajstić information content (AvgIpc) is 2.98. The number of carbonyl (C=O) groups is 2. The lowest BCUT2D eigenvalue weighted by Gasteiger charge is -2.21. The molecule has 0 radical (unpaired) electrons. The van der Waals surface area contributed by atoms with Crippen molar-refractivity contribution in [2.75, 3.05) is 24.7 Å². The number of aryl methyl sites for hydroxylation is 2. The number of hydrogen-bond donors (Lipinski definition) is 2. The van der Waals surface area contributed by atoms with E-state index in [2.05, 4.69) is 10.6 Å². The molecule has 8 heteroatoms. The van der Waals surface area contributed by atoms with Gasteiger partial charge in [-0.1, -0.05) is 18.2 Å². The predicted molar refractivity (Wildman–Crippen MR) is 92.1 cm³/mol. The topological polar surface area (TPSA) is 95.6 Å². The molecule has 2 amide bonds. The number of rotatable bonds is 5. The van der Waals surface area contributed by atoms with Gasteiger partial charge in [0.15, 0.2) is 0 Å². The largest absolute Gasteiger partial charge is 0.346 e. The summed E-state index contributed by atoms with van der Waals surface area (Å²) in [5, 5.41) is 5.31. The van der Waals surface area contributed by atoms with Gasteiger partial charge >= 0.3 is 0 Å². The number of sulfonamides is 1. The lowest BCUT2D eigenvalue weighted by molar-refractivity contribution is -0.126. The first-order chi connectivity index (χ1) is 11.2. The van der Waals surface area contributed by atoms with Crippen molar-refractivity contribution in [1.29, 1.82) is 0 Å². The fraction of sp³-hybridized carbons (Fsp3) is 0.500. The Balaban J connectivity index is 1.93. The van der Waals surface area contributed by atoms with E-state index in [9.17, 15) is 18.0 Å². The van der Waals surface area contributed by atoms with Crippen molar-refractivity contribution in [2.45, 2.75) is 32.7 Å². The summed E-state index contributed by atoms with van der Waals surface area (Å²) in [7, 11) is -3.42. The first kappa shape index (κ1) is 18.4. The van der Waals surface area contributed by atoms with Crippen LogP contribution in [0.2, 0.25) is 0 Å².